The molecule has 1 heterocycles. The van der Waals surface area contributed by atoms with E-state index in [0.717, 1.165) is 0 Å². The molecule has 80 valence electrons. The predicted molar refractivity (Wildman–Crippen MR) is 60.6 cm³/mol. The molecule has 0 aliphatic carbocycles. The van der Waals surface area contributed by atoms with Crippen molar-refractivity contribution in [2.75, 3.05) is 6.61 Å². The number of hydrogen-bond acceptors (Lipinski definition) is 5. The van der Waals surface area contributed by atoms with Crippen LogP contribution in [0.25, 0.3) is 10.2 Å². The quantitative estimate of drug-likeness (QED) is 0.464. The normalized spacial score (nSPS) is 9.94. The molecular weight excluding hydrogens is 228 g/mol. The van der Waals surface area contributed by atoms with Gasteiger partial charge in [0.1, 0.15) is 0 Å². The fraction of sp³-hybridized carbons (Fsp3) is 0.100. The van der Waals surface area contributed by atoms with Gasteiger partial charge in [0, 0.05) is 12.1 Å². The van der Waals surface area contributed by atoms with E-state index in [9.17, 15) is 10.1 Å². The monoisotopic (exact) mass is 234 g/mol. The number of terminal acetylenes is 1. The number of fused-ring (bicyclic) bond motifs is 1. The summed E-state index contributed by atoms with van der Waals surface area (Å²) in [6.07, 6.45) is 5.05. The molecule has 0 saturated carbocycles. The molecule has 1 aromatic carbocycles. The first-order chi connectivity index (χ1) is 7.70. The number of benzene rings is 1. The fourth-order valence-electron chi connectivity index (χ4n) is 1.17. The number of nitro groups is 1. The SMILES string of the molecule is C#CCOc1nc2ccc([N+](=O)[O-])cc2s1. The van der Waals surface area contributed by atoms with Crippen LogP contribution in [0.1, 0.15) is 0 Å². The average Bonchev–Trinajstić information content (AvgIpc) is 2.67. The Kier molecular flexibility index (Phi) is 2.70. The first kappa shape index (κ1) is 10.4. The maximum Gasteiger partial charge on any atom is 0.275 e. The van der Waals surface area contributed by atoms with Crippen LogP contribution in [-0.4, -0.2) is 16.5 Å². The maximum absolute atomic E-state index is 10.6. The standard InChI is InChI=1S/C10H6N2O3S/c1-2-5-15-10-11-8-4-3-7(12(13)14)6-9(8)16-10/h1,3-4,6H,5H2. The molecule has 0 spiro atoms. The van der Waals surface area contributed by atoms with Gasteiger partial charge in [0.25, 0.3) is 10.9 Å². The summed E-state index contributed by atoms with van der Waals surface area (Å²) in [4.78, 5) is 14.2. The molecule has 2 aromatic rings. The third-order valence-corrected chi connectivity index (χ3v) is 2.77. The summed E-state index contributed by atoms with van der Waals surface area (Å²) in [5, 5.41) is 11.0. The number of hydrogen-bond donors (Lipinski definition) is 0. The highest BCUT2D eigenvalue weighted by Crippen LogP contribution is 2.30. The van der Waals surface area contributed by atoms with Crippen LogP contribution >= 0.6 is 11.3 Å². The lowest BCUT2D eigenvalue weighted by Crippen LogP contribution is -1.91. The second kappa shape index (κ2) is 4.16. The zero-order valence-corrected chi connectivity index (χ0v) is 8.86. The van der Waals surface area contributed by atoms with Gasteiger partial charge >= 0.3 is 0 Å². The van der Waals surface area contributed by atoms with Gasteiger partial charge in [-0.2, -0.15) is 0 Å². The lowest BCUT2D eigenvalue weighted by Gasteiger charge is -1.91. The Morgan fingerprint density at radius 2 is 2.44 bits per heavy atom. The van der Waals surface area contributed by atoms with E-state index in [-0.39, 0.29) is 12.3 Å². The first-order valence-corrected chi connectivity index (χ1v) is 5.13. The molecule has 1 aromatic heterocycles. The minimum atomic E-state index is -0.443. The van der Waals surface area contributed by atoms with Crippen LogP contribution in [0.3, 0.4) is 0 Å². The number of nitro benzene ring substituents is 1. The van der Waals surface area contributed by atoms with E-state index in [2.05, 4.69) is 10.9 Å². The number of rotatable bonds is 3. The van der Waals surface area contributed by atoms with Crippen molar-refractivity contribution in [1.82, 2.24) is 4.98 Å². The maximum atomic E-state index is 10.6. The predicted octanol–water partition coefficient (Wildman–Crippen LogP) is 2.22. The lowest BCUT2D eigenvalue weighted by atomic mass is 10.3. The average molecular weight is 234 g/mol. The van der Waals surface area contributed by atoms with Crippen molar-refractivity contribution in [3.05, 3.63) is 28.3 Å². The molecule has 0 atom stereocenters. The van der Waals surface area contributed by atoms with Crippen molar-refractivity contribution in [3.8, 4) is 17.5 Å². The zero-order valence-electron chi connectivity index (χ0n) is 8.04. The molecule has 0 saturated heterocycles. The highest BCUT2D eigenvalue weighted by molar-refractivity contribution is 7.20. The van der Waals surface area contributed by atoms with Gasteiger partial charge < -0.3 is 4.74 Å². The highest BCUT2D eigenvalue weighted by Gasteiger charge is 2.10. The molecule has 0 aliphatic rings. The number of ether oxygens (including phenoxy) is 1. The van der Waals surface area contributed by atoms with Gasteiger partial charge in [0.2, 0.25) is 0 Å². The van der Waals surface area contributed by atoms with E-state index in [1.165, 1.54) is 23.5 Å². The molecule has 0 fully saturated rings. The summed E-state index contributed by atoms with van der Waals surface area (Å²) < 4.78 is 5.85. The number of nitrogens with zero attached hydrogens (tertiary/aromatic N) is 2. The third kappa shape index (κ3) is 1.94. The van der Waals surface area contributed by atoms with Crippen LogP contribution in [0.5, 0.6) is 5.19 Å². The molecule has 2 rings (SSSR count). The Hall–Kier alpha value is -2.13. The molecule has 0 bridgehead atoms. The zero-order chi connectivity index (χ0) is 11.5. The third-order valence-electron chi connectivity index (χ3n) is 1.84. The number of aromatic nitrogens is 1. The molecule has 0 unspecified atom stereocenters. The highest BCUT2D eigenvalue weighted by atomic mass is 32.1. The van der Waals surface area contributed by atoms with Gasteiger partial charge in [-0.3, -0.25) is 10.1 Å². The van der Waals surface area contributed by atoms with Gasteiger partial charge in [-0.1, -0.05) is 17.3 Å². The minimum absolute atomic E-state index is 0.0413. The van der Waals surface area contributed by atoms with Crippen LogP contribution in [0.15, 0.2) is 18.2 Å². The van der Waals surface area contributed by atoms with E-state index in [1.54, 1.807) is 6.07 Å². The summed E-state index contributed by atoms with van der Waals surface area (Å²) in [6.45, 7) is 0.141. The van der Waals surface area contributed by atoms with Gasteiger partial charge in [-0.05, 0) is 6.07 Å². The van der Waals surface area contributed by atoms with Crippen molar-refractivity contribution in [1.29, 1.82) is 0 Å². The van der Waals surface area contributed by atoms with Gasteiger partial charge in [-0.25, -0.2) is 4.98 Å². The lowest BCUT2D eigenvalue weighted by molar-refractivity contribution is -0.384. The summed E-state index contributed by atoms with van der Waals surface area (Å²) in [5.74, 6) is 2.33. The summed E-state index contributed by atoms with van der Waals surface area (Å²) in [5.41, 5.74) is 0.710. The largest absolute Gasteiger partial charge is 0.457 e. The van der Waals surface area contributed by atoms with Crippen LogP contribution in [0, 0.1) is 22.5 Å². The van der Waals surface area contributed by atoms with E-state index < -0.39 is 4.92 Å². The molecular formula is C10H6N2O3S. The second-order valence-electron chi connectivity index (χ2n) is 2.88. The topological polar surface area (TPSA) is 65.3 Å². The van der Waals surface area contributed by atoms with Gasteiger partial charge in [-0.15, -0.1) is 6.42 Å². The molecule has 0 N–H and O–H groups in total. The van der Waals surface area contributed by atoms with Crippen LogP contribution in [0.2, 0.25) is 0 Å². The molecule has 0 amide bonds. The van der Waals surface area contributed by atoms with Crippen molar-refractivity contribution >= 4 is 27.2 Å². The molecule has 0 aliphatic heterocycles. The fourth-order valence-corrected chi connectivity index (χ4v) is 2.02. The van der Waals surface area contributed by atoms with E-state index in [1.807, 2.05) is 0 Å². The Morgan fingerprint density at radius 3 is 3.12 bits per heavy atom. The van der Waals surface area contributed by atoms with Crippen LogP contribution in [-0.2, 0) is 0 Å². The smallest absolute Gasteiger partial charge is 0.275 e. The second-order valence-corrected chi connectivity index (χ2v) is 3.87. The summed E-state index contributed by atoms with van der Waals surface area (Å²) in [6, 6.07) is 4.47. The minimum Gasteiger partial charge on any atom is -0.457 e. The summed E-state index contributed by atoms with van der Waals surface area (Å²) >= 11 is 1.24. The Balaban J connectivity index is 2.39. The van der Waals surface area contributed by atoms with Gasteiger partial charge in [0.05, 0.1) is 15.1 Å². The Morgan fingerprint density at radius 1 is 1.62 bits per heavy atom. The van der Waals surface area contributed by atoms with Crippen molar-refractivity contribution in [2.24, 2.45) is 0 Å². The van der Waals surface area contributed by atoms with E-state index in [0.29, 0.717) is 15.4 Å². The molecule has 6 heteroatoms. The summed E-state index contributed by atoms with van der Waals surface area (Å²) in [7, 11) is 0. The number of thiazole rings is 1. The first-order valence-electron chi connectivity index (χ1n) is 4.32. The van der Waals surface area contributed by atoms with Crippen molar-refractivity contribution < 1.29 is 9.66 Å². The van der Waals surface area contributed by atoms with E-state index in [4.69, 9.17) is 11.2 Å². The molecule has 5 nitrogen and oxygen atoms in total. The van der Waals surface area contributed by atoms with Crippen molar-refractivity contribution in [3.63, 3.8) is 0 Å². The van der Waals surface area contributed by atoms with Crippen LogP contribution in [0.4, 0.5) is 5.69 Å². The van der Waals surface area contributed by atoms with Crippen LogP contribution < -0.4 is 4.74 Å². The Labute approximate surface area is 94.8 Å². The molecule has 16 heavy (non-hydrogen) atoms. The number of non-ortho nitro benzene ring substituents is 1. The Bertz CT molecular complexity index is 585. The molecule has 0 radical (unpaired) electrons. The van der Waals surface area contributed by atoms with E-state index >= 15 is 0 Å². The van der Waals surface area contributed by atoms with Crippen molar-refractivity contribution in [2.45, 2.75) is 0 Å². The van der Waals surface area contributed by atoms with Gasteiger partial charge in [0.15, 0.2) is 6.61 Å².